The monoisotopic (exact) mass is 326 g/mol. The van der Waals surface area contributed by atoms with Gasteiger partial charge < -0.3 is 19.8 Å². The third-order valence-electron chi connectivity index (χ3n) is 4.08. The van der Waals surface area contributed by atoms with Crippen LogP contribution in [-0.2, 0) is 6.54 Å². The van der Waals surface area contributed by atoms with E-state index in [1.807, 2.05) is 12.1 Å². The van der Waals surface area contributed by atoms with Crippen molar-refractivity contribution < 1.29 is 18.7 Å². The molecule has 1 amide bonds. The Labute approximate surface area is 137 Å². The highest BCUT2D eigenvalue weighted by Crippen LogP contribution is 2.32. The number of hydrogen-bond donors (Lipinski definition) is 2. The first-order chi connectivity index (χ1) is 11.6. The first-order valence-corrected chi connectivity index (χ1v) is 7.57. The van der Waals surface area contributed by atoms with Gasteiger partial charge in [-0.1, -0.05) is 12.1 Å². The molecule has 24 heavy (non-hydrogen) atoms. The summed E-state index contributed by atoms with van der Waals surface area (Å²) in [5.41, 5.74) is 2.47. The average molecular weight is 326 g/mol. The van der Waals surface area contributed by atoms with Crippen LogP contribution in [0.2, 0.25) is 0 Å². The van der Waals surface area contributed by atoms with Crippen molar-refractivity contribution >= 4 is 16.8 Å². The summed E-state index contributed by atoms with van der Waals surface area (Å²) in [6.07, 6.45) is 0. The topological polar surface area (TPSA) is 63.4 Å². The van der Waals surface area contributed by atoms with E-state index >= 15 is 0 Å². The fourth-order valence-corrected chi connectivity index (χ4v) is 2.94. The van der Waals surface area contributed by atoms with Crippen LogP contribution in [0.25, 0.3) is 10.9 Å². The molecule has 5 nitrogen and oxygen atoms in total. The van der Waals surface area contributed by atoms with Crippen molar-refractivity contribution in [1.29, 1.82) is 0 Å². The second-order valence-electron chi connectivity index (χ2n) is 5.66. The van der Waals surface area contributed by atoms with Gasteiger partial charge in [-0.2, -0.15) is 0 Å². The third kappa shape index (κ3) is 2.36. The zero-order valence-corrected chi connectivity index (χ0v) is 13.0. The van der Waals surface area contributed by atoms with E-state index in [9.17, 15) is 9.18 Å². The Hall–Kier alpha value is -3.02. The lowest BCUT2D eigenvalue weighted by Crippen LogP contribution is -2.23. The van der Waals surface area contributed by atoms with Gasteiger partial charge in [0.15, 0.2) is 11.5 Å². The fraction of sp³-hybridized carbons (Fsp3) is 0.167. The number of halogens is 1. The van der Waals surface area contributed by atoms with Gasteiger partial charge in [0, 0.05) is 23.1 Å². The van der Waals surface area contributed by atoms with E-state index in [1.54, 1.807) is 25.1 Å². The summed E-state index contributed by atoms with van der Waals surface area (Å²) in [4.78, 5) is 15.6. The lowest BCUT2D eigenvalue weighted by atomic mass is 10.1. The Bertz CT molecular complexity index is 949. The maximum absolute atomic E-state index is 14.1. The highest BCUT2D eigenvalue weighted by Gasteiger charge is 2.19. The molecule has 1 aliphatic heterocycles. The van der Waals surface area contributed by atoms with Gasteiger partial charge in [0.05, 0.1) is 5.56 Å². The number of benzene rings is 2. The molecule has 1 aromatic heterocycles. The Morgan fingerprint density at radius 1 is 1.25 bits per heavy atom. The lowest BCUT2D eigenvalue weighted by molar-refractivity contribution is 0.0951. The Balaban J connectivity index is 1.58. The summed E-state index contributed by atoms with van der Waals surface area (Å²) < 4.78 is 24.7. The zero-order chi connectivity index (χ0) is 16.7. The zero-order valence-electron chi connectivity index (χ0n) is 13.0. The van der Waals surface area contributed by atoms with Crippen molar-refractivity contribution in [3.63, 3.8) is 0 Å². The number of hydrogen-bond acceptors (Lipinski definition) is 3. The number of aryl methyl sites for hydroxylation is 1. The lowest BCUT2D eigenvalue weighted by Gasteiger charge is -2.07. The summed E-state index contributed by atoms with van der Waals surface area (Å²) in [6.45, 7) is 2.28. The van der Waals surface area contributed by atoms with Crippen LogP contribution in [0.4, 0.5) is 4.39 Å². The number of carbonyl (C=O) groups excluding carboxylic acids is 1. The molecule has 1 aliphatic rings. The largest absolute Gasteiger partial charge is 0.454 e. The van der Waals surface area contributed by atoms with Gasteiger partial charge in [0.2, 0.25) is 6.79 Å². The first kappa shape index (κ1) is 14.6. The number of amides is 1. The summed E-state index contributed by atoms with van der Waals surface area (Å²) in [6, 6.07) is 10.2. The molecule has 0 aliphatic carbocycles. The molecule has 6 heteroatoms. The number of ether oxygens (including phenoxy) is 2. The normalized spacial score (nSPS) is 12.6. The van der Waals surface area contributed by atoms with Crippen LogP contribution in [0.5, 0.6) is 11.5 Å². The van der Waals surface area contributed by atoms with Crippen molar-refractivity contribution in [3.05, 3.63) is 59.0 Å². The molecular weight excluding hydrogens is 311 g/mol. The maximum atomic E-state index is 14.1. The molecule has 122 valence electrons. The van der Waals surface area contributed by atoms with Crippen LogP contribution in [0.3, 0.4) is 0 Å². The van der Waals surface area contributed by atoms with E-state index < -0.39 is 5.82 Å². The first-order valence-electron chi connectivity index (χ1n) is 7.57. The summed E-state index contributed by atoms with van der Waals surface area (Å²) in [5, 5.41) is 3.15. The number of rotatable bonds is 3. The SMILES string of the molecule is Cc1[nH]c2cccc(F)c2c1C(=O)NCc1ccc2c(c1)OCO2. The third-order valence-corrected chi connectivity index (χ3v) is 4.08. The average Bonchev–Trinajstić information content (AvgIpc) is 3.16. The molecule has 0 unspecified atom stereocenters. The van der Waals surface area contributed by atoms with Crippen molar-refractivity contribution in [2.24, 2.45) is 0 Å². The highest BCUT2D eigenvalue weighted by atomic mass is 19.1. The van der Waals surface area contributed by atoms with Gasteiger partial charge >= 0.3 is 0 Å². The van der Waals surface area contributed by atoms with E-state index in [2.05, 4.69) is 10.3 Å². The van der Waals surface area contributed by atoms with Crippen LogP contribution in [0.15, 0.2) is 36.4 Å². The molecule has 0 fully saturated rings. The summed E-state index contributed by atoms with van der Waals surface area (Å²) in [7, 11) is 0. The minimum absolute atomic E-state index is 0.207. The molecular formula is C18H15FN2O3. The summed E-state index contributed by atoms with van der Waals surface area (Å²) >= 11 is 0. The molecule has 2 heterocycles. The number of carbonyl (C=O) groups is 1. The number of aromatic nitrogens is 1. The number of aromatic amines is 1. The number of nitrogens with one attached hydrogen (secondary N) is 2. The number of H-pyrrole nitrogens is 1. The van der Waals surface area contributed by atoms with Crippen LogP contribution < -0.4 is 14.8 Å². The fourth-order valence-electron chi connectivity index (χ4n) is 2.94. The Morgan fingerprint density at radius 3 is 2.96 bits per heavy atom. The molecule has 0 radical (unpaired) electrons. The van der Waals surface area contributed by atoms with E-state index in [1.165, 1.54) is 6.07 Å². The van der Waals surface area contributed by atoms with Gasteiger partial charge in [0.1, 0.15) is 5.82 Å². The maximum Gasteiger partial charge on any atom is 0.254 e. The number of fused-ring (bicyclic) bond motifs is 2. The standard InChI is InChI=1S/C18H15FN2O3/c1-10-16(17-12(19)3-2-4-13(17)21-10)18(22)20-8-11-5-6-14-15(7-11)24-9-23-14/h2-7,21H,8-9H2,1H3,(H,20,22). The minimum atomic E-state index is -0.412. The van der Waals surface area contributed by atoms with Gasteiger partial charge in [0.25, 0.3) is 5.91 Å². The molecule has 0 saturated heterocycles. The Morgan fingerprint density at radius 2 is 2.08 bits per heavy atom. The van der Waals surface area contributed by atoms with Crippen molar-refractivity contribution in [2.75, 3.05) is 6.79 Å². The molecule has 2 N–H and O–H groups in total. The van der Waals surface area contributed by atoms with Crippen molar-refractivity contribution in [1.82, 2.24) is 10.3 Å². The van der Waals surface area contributed by atoms with Gasteiger partial charge in [-0.05, 0) is 36.8 Å². The van der Waals surface area contributed by atoms with Gasteiger partial charge in [-0.25, -0.2) is 4.39 Å². The Kier molecular flexibility index (Phi) is 3.37. The molecule has 3 aromatic rings. The molecule has 0 saturated carbocycles. The van der Waals surface area contributed by atoms with E-state index in [0.717, 1.165) is 5.56 Å². The molecule has 0 atom stereocenters. The van der Waals surface area contributed by atoms with E-state index in [-0.39, 0.29) is 12.7 Å². The second kappa shape index (κ2) is 5.56. The predicted octanol–water partition coefficient (Wildman–Crippen LogP) is 3.27. The quantitative estimate of drug-likeness (QED) is 0.776. The van der Waals surface area contributed by atoms with Crippen molar-refractivity contribution in [3.8, 4) is 11.5 Å². The van der Waals surface area contributed by atoms with Crippen LogP contribution >= 0.6 is 0 Å². The predicted molar refractivity (Wildman–Crippen MR) is 86.7 cm³/mol. The molecule has 0 bridgehead atoms. The summed E-state index contributed by atoms with van der Waals surface area (Å²) in [5.74, 6) is 0.627. The molecule has 2 aromatic carbocycles. The molecule has 0 spiro atoms. The van der Waals surface area contributed by atoms with Crippen LogP contribution in [0.1, 0.15) is 21.6 Å². The molecule has 4 rings (SSSR count). The smallest absolute Gasteiger partial charge is 0.254 e. The van der Waals surface area contributed by atoms with Crippen LogP contribution in [-0.4, -0.2) is 17.7 Å². The van der Waals surface area contributed by atoms with Crippen molar-refractivity contribution in [2.45, 2.75) is 13.5 Å². The second-order valence-corrected chi connectivity index (χ2v) is 5.66. The van der Waals surface area contributed by atoms with E-state index in [4.69, 9.17) is 9.47 Å². The van der Waals surface area contributed by atoms with E-state index in [0.29, 0.717) is 40.2 Å². The highest BCUT2D eigenvalue weighted by molar-refractivity contribution is 6.08. The van der Waals surface area contributed by atoms with Gasteiger partial charge in [-0.15, -0.1) is 0 Å². The van der Waals surface area contributed by atoms with Gasteiger partial charge in [-0.3, -0.25) is 4.79 Å². The minimum Gasteiger partial charge on any atom is -0.454 e. The van der Waals surface area contributed by atoms with Crippen LogP contribution in [0, 0.1) is 12.7 Å².